The Morgan fingerprint density at radius 1 is 1.09 bits per heavy atom. The van der Waals surface area contributed by atoms with Crippen LogP contribution < -0.4 is 14.9 Å². The molecule has 3 aromatic carbocycles. The van der Waals surface area contributed by atoms with Gasteiger partial charge in [-0.05, 0) is 70.0 Å². The second-order valence-electron chi connectivity index (χ2n) is 7.05. The Labute approximate surface area is 218 Å². The van der Waals surface area contributed by atoms with Gasteiger partial charge in [0.15, 0.2) is 17.3 Å². The number of nitrogens with one attached hydrogen (secondary N) is 1. The summed E-state index contributed by atoms with van der Waals surface area (Å²) in [4.78, 5) is 12.4. The van der Waals surface area contributed by atoms with Crippen LogP contribution in [0.5, 0.6) is 11.5 Å². The fourth-order valence-electron chi connectivity index (χ4n) is 3.09. The van der Waals surface area contributed by atoms with Crippen LogP contribution >= 0.6 is 50.7 Å². The maximum Gasteiger partial charge on any atom is 0.307 e. The van der Waals surface area contributed by atoms with E-state index in [9.17, 15) is 4.79 Å². The molecule has 4 aromatic rings. The molecule has 1 aromatic heterocycles. The molecule has 0 saturated heterocycles. The highest BCUT2D eigenvalue weighted by molar-refractivity contribution is 9.10. The predicted molar refractivity (Wildman–Crippen MR) is 138 cm³/mol. The Hall–Kier alpha value is -2.71. The number of fused-ring (bicyclic) bond motifs is 1. The summed E-state index contributed by atoms with van der Waals surface area (Å²) in [6, 6.07) is 15.4. The largest absolute Gasteiger partial charge is 0.493 e. The number of methoxy groups -OCH3 is 1. The molecule has 0 aliphatic rings. The molecule has 1 N–H and O–H groups in total. The van der Waals surface area contributed by atoms with E-state index in [2.05, 4.69) is 26.5 Å². The molecule has 0 fully saturated rings. The Kier molecular flexibility index (Phi) is 7.68. The minimum absolute atomic E-state index is 0.123. The summed E-state index contributed by atoms with van der Waals surface area (Å²) >= 11 is 21.6. The van der Waals surface area contributed by atoms with Gasteiger partial charge in [0.2, 0.25) is 0 Å². The first kappa shape index (κ1) is 24.4. The van der Waals surface area contributed by atoms with Gasteiger partial charge in [0.1, 0.15) is 12.2 Å². The van der Waals surface area contributed by atoms with E-state index < -0.39 is 5.91 Å². The third-order valence-corrected chi connectivity index (χ3v) is 6.13. The molecule has 0 aliphatic heterocycles. The van der Waals surface area contributed by atoms with Gasteiger partial charge in [0.05, 0.1) is 17.8 Å². The lowest BCUT2D eigenvalue weighted by molar-refractivity contribution is 0.0929. The number of rotatable bonds is 7. The van der Waals surface area contributed by atoms with Gasteiger partial charge in [-0.25, -0.2) is 5.43 Å². The van der Waals surface area contributed by atoms with Crippen molar-refractivity contribution in [3.63, 3.8) is 0 Å². The van der Waals surface area contributed by atoms with E-state index in [1.165, 1.54) is 13.3 Å². The van der Waals surface area contributed by atoms with Crippen LogP contribution in [-0.2, 0) is 6.61 Å². The van der Waals surface area contributed by atoms with E-state index in [1.807, 2.05) is 0 Å². The number of nitrogens with zero attached hydrogens (tertiary/aromatic N) is 1. The number of furan rings is 1. The molecule has 0 bridgehead atoms. The molecule has 10 heteroatoms. The molecule has 4 rings (SSSR count). The zero-order chi connectivity index (χ0) is 24.2. The number of ether oxygens (including phenoxy) is 2. The highest BCUT2D eigenvalue weighted by Crippen LogP contribution is 2.37. The van der Waals surface area contributed by atoms with E-state index in [0.29, 0.717) is 42.2 Å². The van der Waals surface area contributed by atoms with Crippen molar-refractivity contribution in [2.75, 3.05) is 7.11 Å². The monoisotopic (exact) mass is 580 g/mol. The van der Waals surface area contributed by atoms with Crippen molar-refractivity contribution < 1.29 is 18.7 Å². The van der Waals surface area contributed by atoms with Crippen molar-refractivity contribution in [1.29, 1.82) is 0 Å². The first-order valence-electron chi connectivity index (χ1n) is 9.81. The summed E-state index contributed by atoms with van der Waals surface area (Å²) in [5.41, 5.74) is 4.44. The van der Waals surface area contributed by atoms with Crippen molar-refractivity contribution in [2.24, 2.45) is 5.10 Å². The minimum Gasteiger partial charge on any atom is -0.493 e. The highest BCUT2D eigenvalue weighted by Gasteiger charge is 2.14. The smallest absolute Gasteiger partial charge is 0.307 e. The van der Waals surface area contributed by atoms with Crippen molar-refractivity contribution in [1.82, 2.24) is 5.43 Å². The van der Waals surface area contributed by atoms with Gasteiger partial charge in [-0.15, -0.1) is 0 Å². The lowest BCUT2D eigenvalue weighted by Crippen LogP contribution is -2.16. The molecule has 34 heavy (non-hydrogen) atoms. The Balaban J connectivity index is 1.45. The lowest BCUT2D eigenvalue weighted by atomic mass is 10.2. The van der Waals surface area contributed by atoms with Crippen LogP contribution in [0.25, 0.3) is 11.0 Å². The molecule has 0 unspecified atom stereocenters. The van der Waals surface area contributed by atoms with Crippen molar-refractivity contribution in [3.05, 3.63) is 91.0 Å². The lowest BCUT2D eigenvalue weighted by Gasteiger charge is -2.14. The van der Waals surface area contributed by atoms with Crippen molar-refractivity contribution in [2.45, 2.75) is 6.61 Å². The van der Waals surface area contributed by atoms with Crippen LogP contribution in [-0.4, -0.2) is 19.2 Å². The summed E-state index contributed by atoms with van der Waals surface area (Å²) in [5, 5.41) is 6.35. The SMILES string of the molecule is COc1cc(/C=N/NC(=O)c2cc3cc(Cl)ccc3o2)cc(Br)c1OCc1ccc(Cl)cc1Cl. The number of carbonyl (C=O) groups excluding carboxylic acids is 1. The summed E-state index contributed by atoms with van der Waals surface area (Å²) in [7, 11) is 1.53. The number of carbonyl (C=O) groups is 1. The predicted octanol–water partition coefficient (Wildman–Crippen LogP) is 7.51. The van der Waals surface area contributed by atoms with Gasteiger partial charge >= 0.3 is 5.91 Å². The molecule has 0 aliphatic carbocycles. The topological polar surface area (TPSA) is 73.1 Å². The van der Waals surface area contributed by atoms with E-state index in [-0.39, 0.29) is 12.4 Å². The number of amides is 1. The Morgan fingerprint density at radius 3 is 2.62 bits per heavy atom. The average molecular weight is 583 g/mol. The molecule has 174 valence electrons. The van der Waals surface area contributed by atoms with Crippen LogP contribution in [0, 0.1) is 0 Å². The summed E-state index contributed by atoms with van der Waals surface area (Å²) in [6.45, 7) is 0.219. The van der Waals surface area contributed by atoms with Gasteiger partial charge < -0.3 is 13.9 Å². The van der Waals surface area contributed by atoms with E-state index in [0.717, 1.165) is 10.9 Å². The van der Waals surface area contributed by atoms with Crippen LogP contribution in [0.15, 0.2) is 68.6 Å². The number of hydrazone groups is 1. The van der Waals surface area contributed by atoms with Gasteiger partial charge in [-0.2, -0.15) is 5.10 Å². The summed E-state index contributed by atoms with van der Waals surface area (Å²) in [6.07, 6.45) is 1.48. The zero-order valence-electron chi connectivity index (χ0n) is 17.6. The van der Waals surface area contributed by atoms with Crippen LogP contribution in [0.4, 0.5) is 0 Å². The first-order chi connectivity index (χ1) is 16.3. The molecular weight excluding hydrogens is 567 g/mol. The summed E-state index contributed by atoms with van der Waals surface area (Å²) in [5.74, 6) is 0.601. The minimum atomic E-state index is -0.491. The fraction of sp³-hybridized carbons (Fsp3) is 0.0833. The van der Waals surface area contributed by atoms with Crippen LogP contribution in [0.1, 0.15) is 21.7 Å². The first-order valence-corrected chi connectivity index (χ1v) is 11.7. The molecule has 0 radical (unpaired) electrons. The second kappa shape index (κ2) is 10.7. The fourth-order valence-corrected chi connectivity index (χ4v) is 4.31. The number of hydrogen-bond donors (Lipinski definition) is 1. The van der Waals surface area contributed by atoms with E-state index >= 15 is 0 Å². The maximum atomic E-state index is 12.4. The molecule has 0 atom stereocenters. The Morgan fingerprint density at radius 2 is 1.85 bits per heavy atom. The van der Waals surface area contributed by atoms with Crippen molar-refractivity contribution in [3.8, 4) is 11.5 Å². The molecule has 0 saturated carbocycles. The number of benzene rings is 3. The molecule has 6 nitrogen and oxygen atoms in total. The van der Waals surface area contributed by atoms with Gasteiger partial charge in [-0.1, -0.05) is 40.9 Å². The van der Waals surface area contributed by atoms with E-state index in [4.69, 9.17) is 48.7 Å². The molecule has 1 amide bonds. The van der Waals surface area contributed by atoms with Gasteiger partial charge in [0.25, 0.3) is 0 Å². The standard InChI is InChI=1S/C24H16BrCl3N2O4/c1-32-21-7-13(6-18(25)23(21)33-12-14-2-3-17(27)10-19(14)28)11-29-30-24(31)22-9-15-8-16(26)4-5-20(15)34-22/h2-11H,12H2,1H3,(H,30,31)/b29-11+. The van der Waals surface area contributed by atoms with Gasteiger partial charge in [0, 0.05) is 26.0 Å². The highest BCUT2D eigenvalue weighted by atomic mass is 79.9. The van der Waals surface area contributed by atoms with Crippen LogP contribution in [0.3, 0.4) is 0 Å². The molecular formula is C24H16BrCl3N2O4. The summed E-state index contributed by atoms with van der Waals surface area (Å²) < 4.78 is 17.6. The maximum absolute atomic E-state index is 12.4. The molecule has 1 heterocycles. The normalized spacial score (nSPS) is 11.2. The Bertz CT molecular complexity index is 1400. The third-order valence-electron chi connectivity index (χ3n) is 4.72. The van der Waals surface area contributed by atoms with E-state index in [1.54, 1.807) is 54.6 Å². The average Bonchev–Trinajstić information content (AvgIpc) is 3.22. The quantitative estimate of drug-likeness (QED) is 0.181. The van der Waals surface area contributed by atoms with Crippen molar-refractivity contribution >= 4 is 73.8 Å². The molecule has 0 spiro atoms. The second-order valence-corrected chi connectivity index (χ2v) is 9.18. The number of halogens is 4. The van der Waals surface area contributed by atoms with Gasteiger partial charge in [-0.3, -0.25) is 4.79 Å². The number of hydrogen-bond acceptors (Lipinski definition) is 5. The third kappa shape index (κ3) is 5.67. The zero-order valence-corrected chi connectivity index (χ0v) is 21.4. The van der Waals surface area contributed by atoms with Crippen LogP contribution in [0.2, 0.25) is 15.1 Å².